The van der Waals surface area contributed by atoms with Gasteiger partial charge in [-0.2, -0.15) is 0 Å². The summed E-state index contributed by atoms with van der Waals surface area (Å²) in [5, 5.41) is 20.3. The Balaban J connectivity index is 2.68. The van der Waals surface area contributed by atoms with E-state index in [1.807, 2.05) is 6.07 Å². The zero-order valence-corrected chi connectivity index (χ0v) is 11.3. The second-order valence-electron chi connectivity index (χ2n) is 4.35. The number of aliphatic carboxylic acids is 1. The highest BCUT2D eigenvalue weighted by molar-refractivity contribution is 5.81. The summed E-state index contributed by atoms with van der Waals surface area (Å²) in [4.78, 5) is 21.7. The SMILES string of the molecule is COc1c(CC(=O)O)ccc(-c2ccccc2)c1[N+](=O)[O-]. The lowest BCUT2D eigenvalue weighted by Gasteiger charge is -2.11. The fourth-order valence-corrected chi connectivity index (χ4v) is 2.17. The average Bonchev–Trinajstić information content (AvgIpc) is 2.46. The number of ether oxygens (including phenoxy) is 1. The fraction of sp³-hybridized carbons (Fsp3) is 0.133. The van der Waals surface area contributed by atoms with E-state index in [0.717, 1.165) is 0 Å². The summed E-state index contributed by atoms with van der Waals surface area (Å²) < 4.78 is 5.10. The third-order valence-corrected chi connectivity index (χ3v) is 3.03. The number of methoxy groups -OCH3 is 1. The van der Waals surface area contributed by atoms with Gasteiger partial charge < -0.3 is 9.84 Å². The number of nitro groups is 1. The van der Waals surface area contributed by atoms with Crippen molar-refractivity contribution in [2.24, 2.45) is 0 Å². The molecular weight excluding hydrogens is 274 g/mol. The van der Waals surface area contributed by atoms with E-state index in [9.17, 15) is 14.9 Å². The standard InChI is InChI=1S/C15H13NO5/c1-21-15-11(9-13(17)18)7-8-12(14(15)16(19)20)10-5-3-2-4-6-10/h2-8H,9H2,1H3,(H,17,18). The minimum atomic E-state index is -1.07. The summed E-state index contributed by atoms with van der Waals surface area (Å²) in [6, 6.07) is 12.0. The van der Waals surface area contributed by atoms with E-state index in [1.54, 1.807) is 36.4 Å². The van der Waals surface area contributed by atoms with Crippen molar-refractivity contribution in [1.82, 2.24) is 0 Å². The van der Waals surface area contributed by atoms with Crippen LogP contribution in [-0.4, -0.2) is 23.1 Å². The number of rotatable bonds is 5. The number of hydrogen-bond acceptors (Lipinski definition) is 4. The molecule has 0 aliphatic rings. The van der Waals surface area contributed by atoms with Crippen LogP contribution in [0.1, 0.15) is 5.56 Å². The van der Waals surface area contributed by atoms with Crippen LogP contribution in [-0.2, 0) is 11.2 Å². The van der Waals surface area contributed by atoms with Gasteiger partial charge in [0.2, 0.25) is 5.75 Å². The summed E-state index contributed by atoms with van der Waals surface area (Å²) in [7, 11) is 1.29. The van der Waals surface area contributed by atoms with Crippen molar-refractivity contribution >= 4 is 11.7 Å². The van der Waals surface area contributed by atoms with Gasteiger partial charge in [0.05, 0.1) is 24.0 Å². The van der Waals surface area contributed by atoms with Gasteiger partial charge in [-0.1, -0.05) is 36.4 Å². The van der Waals surface area contributed by atoms with E-state index < -0.39 is 10.9 Å². The second-order valence-corrected chi connectivity index (χ2v) is 4.35. The van der Waals surface area contributed by atoms with Gasteiger partial charge in [0.1, 0.15) is 0 Å². The Morgan fingerprint density at radius 1 is 1.24 bits per heavy atom. The van der Waals surface area contributed by atoms with E-state index in [0.29, 0.717) is 11.1 Å². The summed E-state index contributed by atoms with van der Waals surface area (Å²) in [6.45, 7) is 0. The molecule has 0 aromatic heterocycles. The van der Waals surface area contributed by atoms with Gasteiger partial charge >= 0.3 is 11.7 Å². The van der Waals surface area contributed by atoms with Crippen LogP contribution in [0.5, 0.6) is 5.75 Å². The lowest BCUT2D eigenvalue weighted by molar-refractivity contribution is -0.385. The highest BCUT2D eigenvalue weighted by atomic mass is 16.6. The molecule has 0 radical (unpaired) electrons. The van der Waals surface area contributed by atoms with Crippen molar-refractivity contribution < 1.29 is 19.6 Å². The number of carboxylic acid groups (broad SMARTS) is 1. The smallest absolute Gasteiger partial charge is 0.318 e. The molecule has 108 valence electrons. The topological polar surface area (TPSA) is 89.7 Å². The Morgan fingerprint density at radius 2 is 1.90 bits per heavy atom. The fourth-order valence-electron chi connectivity index (χ4n) is 2.17. The van der Waals surface area contributed by atoms with Crippen molar-refractivity contribution in [3.8, 4) is 16.9 Å². The molecule has 6 heteroatoms. The highest BCUT2D eigenvalue weighted by Gasteiger charge is 2.25. The first-order chi connectivity index (χ1) is 10.0. The van der Waals surface area contributed by atoms with Gasteiger partial charge in [-0.15, -0.1) is 0 Å². The Labute approximate surface area is 120 Å². The van der Waals surface area contributed by atoms with Gasteiger partial charge in [-0.05, 0) is 11.6 Å². The number of nitrogens with zero attached hydrogens (tertiary/aromatic N) is 1. The summed E-state index contributed by atoms with van der Waals surface area (Å²) in [6.07, 6.45) is -0.334. The predicted molar refractivity (Wildman–Crippen MR) is 76.4 cm³/mol. The van der Waals surface area contributed by atoms with Gasteiger partial charge in [-0.25, -0.2) is 0 Å². The lowest BCUT2D eigenvalue weighted by atomic mass is 9.99. The van der Waals surface area contributed by atoms with Crippen molar-refractivity contribution in [3.63, 3.8) is 0 Å². The van der Waals surface area contributed by atoms with Crippen molar-refractivity contribution in [2.75, 3.05) is 7.11 Å². The number of nitro benzene ring substituents is 1. The Morgan fingerprint density at radius 3 is 2.43 bits per heavy atom. The van der Waals surface area contributed by atoms with Crippen LogP contribution in [0.3, 0.4) is 0 Å². The summed E-state index contributed by atoms with van der Waals surface area (Å²) >= 11 is 0. The molecule has 6 nitrogen and oxygen atoms in total. The van der Waals surface area contributed by atoms with Crippen LogP contribution in [0, 0.1) is 10.1 Å². The molecule has 2 aromatic rings. The monoisotopic (exact) mass is 287 g/mol. The molecular formula is C15H13NO5. The van der Waals surface area contributed by atoms with Gasteiger partial charge in [0, 0.05) is 5.56 Å². The molecule has 0 spiro atoms. The van der Waals surface area contributed by atoms with Crippen molar-refractivity contribution in [3.05, 3.63) is 58.1 Å². The van der Waals surface area contributed by atoms with Crippen LogP contribution in [0.15, 0.2) is 42.5 Å². The van der Waals surface area contributed by atoms with E-state index in [1.165, 1.54) is 7.11 Å². The Kier molecular flexibility index (Phi) is 4.18. The van der Waals surface area contributed by atoms with Gasteiger partial charge in [-0.3, -0.25) is 14.9 Å². The maximum atomic E-state index is 11.4. The minimum Gasteiger partial charge on any atom is -0.490 e. The van der Waals surface area contributed by atoms with E-state index in [2.05, 4.69) is 0 Å². The van der Waals surface area contributed by atoms with Crippen LogP contribution < -0.4 is 4.74 Å². The average molecular weight is 287 g/mol. The highest BCUT2D eigenvalue weighted by Crippen LogP contribution is 2.40. The predicted octanol–water partition coefficient (Wildman–Crippen LogP) is 2.90. The number of benzene rings is 2. The summed E-state index contributed by atoms with van der Waals surface area (Å²) in [5.74, 6) is -1.08. The Hall–Kier alpha value is -2.89. The Bertz CT molecular complexity index is 682. The third-order valence-electron chi connectivity index (χ3n) is 3.03. The molecule has 0 bridgehead atoms. The lowest BCUT2D eigenvalue weighted by Crippen LogP contribution is -2.05. The van der Waals surface area contributed by atoms with E-state index in [4.69, 9.17) is 9.84 Å². The first-order valence-corrected chi connectivity index (χ1v) is 6.16. The zero-order valence-electron chi connectivity index (χ0n) is 11.3. The maximum Gasteiger partial charge on any atom is 0.318 e. The molecule has 0 aliphatic carbocycles. The number of hydrogen-bond donors (Lipinski definition) is 1. The number of carbonyl (C=O) groups is 1. The molecule has 2 rings (SSSR count). The molecule has 0 aliphatic heterocycles. The normalized spacial score (nSPS) is 10.1. The van der Waals surface area contributed by atoms with E-state index >= 15 is 0 Å². The van der Waals surface area contributed by atoms with Crippen molar-refractivity contribution in [1.29, 1.82) is 0 Å². The van der Waals surface area contributed by atoms with Gasteiger partial charge in [0.15, 0.2) is 0 Å². The van der Waals surface area contributed by atoms with Gasteiger partial charge in [0.25, 0.3) is 0 Å². The van der Waals surface area contributed by atoms with E-state index in [-0.39, 0.29) is 23.4 Å². The molecule has 21 heavy (non-hydrogen) atoms. The summed E-state index contributed by atoms with van der Waals surface area (Å²) in [5.41, 5.74) is 1.12. The number of carboxylic acids is 1. The molecule has 0 heterocycles. The molecule has 0 amide bonds. The van der Waals surface area contributed by atoms with Crippen LogP contribution in [0.2, 0.25) is 0 Å². The molecule has 0 atom stereocenters. The maximum absolute atomic E-state index is 11.4. The first-order valence-electron chi connectivity index (χ1n) is 6.16. The first kappa shape index (κ1) is 14.5. The molecule has 0 saturated heterocycles. The minimum absolute atomic E-state index is 0.0104. The van der Waals surface area contributed by atoms with Crippen LogP contribution in [0.25, 0.3) is 11.1 Å². The zero-order chi connectivity index (χ0) is 15.4. The molecule has 2 aromatic carbocycles. The largest absolute Gasteiger partial charge is 0.490 e. The second kappa shape index (κ2) is 6.04. The van der Waals surface area contributed by atoms with Crippen LogP contribution >= 0.6 is 0 Å². The van der Waals surface area contributed by atoms with Crippen molar-refractivity contribution in [2.45, 2.75) is 6.42 Å². The quantitative estimate of drug-likeness (QED) is 0.674. The molecule has 1 N–H and O–H groups in total. The molecule has 0 unspecified atom stereocenters. The molecule has 0 fully saturated rings. The van der Waals surface area contributed by atoms with Crippen LogP contribution in [0.4, 0.5) is 5.69 Å². The molecule has 0 saturated carbocycles. The third kappa shape index (κ3) is 3.00.